The molecule has 0 amide bonds. The van der Waals surface area contributed by atoms with Crippen molar-refractivity contribution >= 4 is 0 Å². The molecule has 1 fully saturated rings. The average molecular weight is 307 g/mol. The van der Waals surface area contributed by atoms with Gasteiger partial charge in [-0.05, 0) is 54.0 Å². The van der Waals surface area contributed by atoms with Gasteiger partial charge in [0.1, 0.15) is 5.75 Å². The van der Waals surface area contributed by atoms with Crippen LogP contribution >= 0.6 is 0 Å². The van der Waals surface area contributed by atoms with E-state index in [2.05, 4.69) is 53.4 Å². The van der Waals surface area contributed by atoms with Gasteiger partial charge in [-0.1, -0.05) is 36.4 Å². The highest BCUT2D eigenvalue weighted by molar-refractivity contribution is 5.40. The Balaban J connectivity index is 1.57. The second kappa shape index (κ2) is 6.37. The molecule has 1 aliphatic heterocycles. The highest BCUT2D eigenvalue weighted by Crippen LogP contribution is 2.41. The zero-order valence-electron chi connectivity index (χ0n) is 13.9. The molecule has 2 aromatic rings. The summed E-state index contributed by atoms with van der Waals surface area (Å²) in [5.41, 5.74) is 4.51. The van der Waals surface area contributed by atoms with Crippen molar-refractivity contribution in [3.63, 3.8) is 0 Å². The SMILES string of the molecule is COc1ccc2c(c1)[C@H]1CN(Cc3ccccc3)C[C@@H]1CCC2. The first-order valence-electron chi connectivity index (χ1n) is 8.76. The fourth-order valence-corrected chi connectivity index (χ4v) is 4.40. The van der Waals surface area contributed by atoms with Crippen molar-refractivity contribution in [3.8, 4) is 5.75 Å². The lowest BCUT2D eigenvalue weighted by Crippen LogP contribution is -2.20. The molecular weight excluding hydrogens is 282 g/mol. The molecule has 0 spiro atoms. The van der Waals surface area contributed by atoms with Gasteiger partial charge in [-0.25, -0.2) is 0 Å². The van der Waals surface area contributed by atoms with Crippen LogP contribution in [0.25, 0.3) is 0 Å². The van der Waals surface area contributed by atoms with Gasteiger partial charge in [-0.15, -0.1) is 0 Å². The van der Waals surface area contributed by atoms with E-state index in [1.54, 1.807) is 18.2 Å². The number of nitrogens with zero attached hydrogens (tertiary/aromatic N) is 1. The number of rotatable bonds is 3. The predicted octanol–water partition coefficient (Wildman–Crippen LogP) is 4.25. The van der Waals surface area contributed by atoms with E-state index >= 15 is 0 Å². The van der Waals surface area contributed by atoms with Crippen LogP contribution in [0, 0.1) is 5.92 Å². The van der Waals surface area contributed by atoms with Crippen LogP contribution in [0.15, 0.2) is 48.5 Å². The topological polar surface area (TPSA) is 12.5 Å². The average Bonchev–Trinajstić information content (AvgIpc) is 2.90. The number of aryl methyl sites for hydroxylation is 1. The molecule has 2 heteroatoms. The van der Waals surface area contributed by atoms with E-state index in [0.717, 1.165) is 18.2 Å². The second-order valence-corrected chi connectivity index (χ2v) is 7.00. The monoisotopic (exact) mass is 307 g/mol. The largest absolute Gasteiger partial charge is 0.497 e. The van der Waals surface area contributed by atoms with Crippen LogP contribution in [0.3, 0.4) is 0 Å². The van der Waals surface area contributed by atoms with Crippen molar-refractivity contribution in [1.82, 2.24) is 4.90 Å². The maximum absolute atomic E-state index is 5.48. The van der Waals surface area contributed by atoms with Crippen LogP contribution in [0.5, 0.6) is 5.75 Å². The fraction of sp³-hybridized carbons (Fsp3) is 0.429. The summed E-state index contributed by atoms with van der Waals surface area (Å²) in [7, 11) is 1.77. The van der Waals surface area contributed by atoms with E-state index < -0.39 is 0 Å². The summed E-state index contributed by atoms with van der Waals surface area (Å²) in [5, 5.41) is 0. The van der Waals surface area contributed by atoms with E-state index in [0.29, 0.717) is 5.92 Å². The standard InChI is InChI=1S/C21H25NO/c1-23-19-11-10-17-8-5-9-18-14-22(15-21(18)20(17)12-19)13-16-6-3-2-4-7-16/h2-4,6-7,10-12,18,21H,5,8-9,13-15H2,1H3/t18-,21-/m0/s1. The van der Waals surface area contributed by atoms with Crippen LogP contribution in [0.1, 0.15) is 35.4 Å². The van der Waals surface area contributed by atoms with Gasteiger partial charge in [0.15, 0.2) is 0 Å². The Morgan fingerprint density at radius 1 is 1.09 bits per heavy atom. The second-order valence-electron chi connectivity index (χ2n) is 7.00. The van der Waals surface area contributed by atoms with Crippen LogP contribution in [0.2, 0.25) is 0 Å². The normalized spacial score (nSPS) is 23.9. The highest BCUT2D eigenvalue weighted by Gasteiger charge is 2.36. The van der Waals surface area contributed by atoms with Crippen molar-refractivity contribution in [1.29, 1.82) is 0 Å². The third-order valence-electron chi connectivity index (χ3n) is 5.54. The van der Waals surface area contributed by atoms with E-state index in [1.807, 2.05) is 0 Å². The van der Waals surface area contributed by atoms with Crippen molar-refractivity contribution in [3.05, 3.63) is 65.2 Å². The summed E-state index contributed by atoms with van der Waals surface area (Å²) < 4.78 is 5.48. The number of ether oxygens (including phenoxy) is 1. The smallest absolute Gasteiger partial charge is 0.119 e. The molecule has 2 atom stereocenters. The summed E-state index contributed by atoms with van der Waals surface area (Å²) in [4.78, 5) is 2.64. The lowest BCUT2D eigenvalue weighted by molar-refractivity contribution is 0.311. The zero-order valence-corrected chi connectivity index (χ0v) is 13.9. The van der Waals surface area contributed by atoms with E-state index in [9.17, 15) is 0 Å². The highest BCUT2D eigenvalue weighted by atomic mass is 16.5. The van der Waals surface area contributed by atoms with Crippen LogP contribution in [-0.2, 0) is 13.0 Å². The molecule has 4 rings (SSSR count). The zero-order chi connectivity index (χ0) is 15.6. The van der Waals surface area contributed by atoms with Crippen LogP contribution in [-0.4, -0.2) is 25.1 Å². The molecule has 2 aromatic carbocycles. The van der Waals surface area contributed by atoms with Gasteiger partial charge in [0, 0.05) is 25.6 Å². The Morgan fingerprint density at radius 2 is 1.96 bits per heavy atom. The molecule has 1 aliphatic carbocycles. The first-order valence-corrected chi connectivity index (χ1v) is 8.76. The van der Waals surface area contributed by atoms with Crippen LogP contribution in [0.4, 0.5) is 0 Å². The molecule has 0 N–H and O–H groups in total. The molecule has 0 saturated carbocycles. The molecule has 2 nitrogen and oxygen atoms in total. The molecule has 0 aromatic heterocycles. The Kier molecular flexibility index (Phi) is 4.09. The van der Waals surface area contributed by atoms with Gasteiger partial charge in [0.25, 0.3) is 0 Å². The summed E-state index contributed by atoms with van der Waals surface area (Å²) in [5.74, 6) is 2.48. The molecule has 120 valence electrons. The lowest BCUT2D eigenvalue weighted by Gasteiger charge is -2.19. The summed E-state index contributed by atoms with van der Waals surface area (Å²) in [6.45, 7) is 3.49. The Bertz CT molecular complexity index is 667. The van der Waals surface area contributed by atoms with Crippen LogP contribution < -0.4 is 4.74 Å². The third kappa shape index (κ3) is 3.00. The molecular formula is C21H25NO. The van der Waals surface area contributed by atoms with Gasteiger partial charge in [0.2, 0.25) is 0 Å². The van der Waals surface area contributed by atoms with E-state index in [1.165, 1.54) is 37.9 Å². The molecule has 0 bridgehead atoms. The predicted molar refractivity (Wildman–Crippen MR) is 93.9 cm³/mol. The van der Waals surface area contributed by atoms with E-state index in [4.69, 9.17) is 4.74 Å². The molecule has 0 radical (unpaired) electrons. The minimum atomic E-state index is 0.673. The molecule has 1 heterocycles. The quantitative estimate of drug-likeness (QED) is 0.840. The summed E-state index contributed by atoms with van der Waals surface area (Å²) in [6, 6.07) is 17.6. The summed E-state index contributed by atoms with van der Waals surface area (Å²) >= 11 is 0. The maximum atomic E-state index is 5.48. The molecule has 1 saturated heterocycles. The number of hydrogen-bond acceptors (Lipinski definition) is 2. The van der Waals surface area contributed by atoms with Crippen molar-refractivity contribution in [2.24, 2.45) is 5.92 Å². The fourth-order valence-electron chi connectivity index (χ4n) is 4.40. The van der Waals surface area contributed by atoms with Gasteiger partial charge >= 0.3 is 0 Å². The first-order chi connectivity index (χ1) is 11.3. The number of benzene rings is 2. The van der Waals surface area contributed by atoms with Crippen molar-refractivity contribution < 1.29 is 4.74 Å². The first kappa shape index (κ1) is 14.8. The van der Waals surface area contributed by atoms with Gasteiger partial charge < -0.3 is 4.74 Å². The molecule has 2 aliphatic rings. The molecule has 0 unspecified atom stereocenters. The Labute approximate surface area is 139 Å². The Morgan fingerprint density at radius 3 is 2.78 bits per heavy atom. The number of methoxy groups -OCH3 is 1. The maximum Gasteiger partial charge on any atom is 0.119 e. The number of likely N-dealkylation sites (tertiary alicyclic amines) is 1. The number of hydrogen-bond donors (Lipinski definition) is 0. The van der Waals surface area contributed by atoms with E-state index in [-0.39, 0.29) is 0 Å². The van der Waals surface area contributed by atoms with Crippen molar-refractivity contribution in [2.75, 3.05) is 20.2 Å². The van der Waals surface area contributed by atoms with Crippen molar-refractivity contribution in [2.45, 2.75) is 31.7 Å². The minimum Gasteiger partial charge on any atom is -0.497 e. The molecule has 23 heavy (non-hydrogen) atoms. The van der Waals surface area contributed by atoms with Gasteiger partial charge in [-0.2, -0.15) is 0 Å². The van der Waals surface area contributed by atoms with Gasteiger partial charge in [-0.3, -0.25) is 4.90 Å². The summed E-state index contributed by atoms with van der Waals surface area (Å²) in [6.07, 6.45) is 3.90. The minimum absolute atomic E-state index is 0.673. The van der Waals surface area contributed by atoms with Gasteiger partial charge in [0.05, 0.1) is 7.11 Å². The number of fused-ring (bicyclic) bond motifs is 3. The third-order valence-corrected chi connectivity index (χ3v) is 5.54. The lowest BCUT2D eigenvalue weighted by atomic mass is 9.87. The Hall–Kier alpha value is -1.80.